The number of nitrogens with one attached hydrogen (secondary N) is 1. The minimum atomic E-state index is -0.337. The summed E-state index contributed by atoms with van der Waals surface area (Å²) in [6.45, 7) is 0.551. The monoisotopic (exact) mass is 410 g/mol. The van der Waals surface area contributed by atoms with Gasteiger partial charge in [-0.05, 0) is 35.4 Å². The lowest BCUT2D eigenvalue weighted by Gasteiger charge is -2.07. The molecule has 0 aliphatic carbocycles. The highest BCUT2D eigenvalue weighted by Crippen LogP contribution is 2.22. The van der Waals surface area contributed by atoms with Crippen molar-refractivity contribution in [3.05, 3.63) is 107 Å². The van der Waals surface area contributed by atoms with Gasteiger partial charge in [0, 0.05) is 29.2 Å². The summed E-state index contributed by atoms with van der Waals surface area (Å²) >= 11 is 0. The van der Waals surface area contributed by atoms with E-state index in [-0.39, 0.29) is 18.1 Å². The Balaban J connectivity index is 1.52. The number of halogens is 1. The number of para-hydroxylation sites is 1. The predicted molar refractivity (Wildman–Crippen MR) is 118 cm³/mol. The van der Waals surface area contributed by atoms with E-state index in [1.54, 1.807) is 24.4 Å². The van der Waals surface area contributed by atoms with Gasteiger partial charge in [-0.3, -0.25) is 4.79 Å². The molecule has 4 rings (SSSR count). The maximum Gasteiger partial charge on any atom is 0.244 e. The fourth-order valence-corrected chi connectivity index (χ4v) is 3.46. The third-order valence-corrected chi connectivity index (χ3v) is 4.97. The van der Waals surface area contributed by atoms with Crippen LogP contribution in [0.15, 0.2) is 84.1 Å². The molecule has 0 aliphatic rings. The number of nitrogens with zero attached hydrogens (tertiary/aromatic N) is 3. The van der Waals surface area contributed by atoms with Crippen LogP contribution in [0.5, 0.6) is 0 Å². The van der Waals surface area contributed by atoms with Crippen LogP contribution in [0.1, 0.15) is 22.3 Å². The first kappa shape index (κ1) is 20.0. The number of carbonyl (C=O) groups excluding carboxylic acids is 1. The van der Waals surface area contributed by atoms with E-state index >= 15 is 0 Å². The molecule has 1 aromatic heterocycles. The molecule has 0 atom stereocenters. The second kappa shape index (κ2) is 9.06. The molecule has 1 N–H and O–H groups in total. The Morgan fingerprint density at radius 1 is 1.06 bits per heavy atom. The van der Waals surface area contributed by atoms with Crippen molar-refractivity contribution >= 4 is 23.0 Å². The van der Waals surface area contributed by atoms with Gasteiger partial charge < -0.3 is 4.57 Å². The Bertz CT molecular complexity index is 1300. The third-order valence-electron chi connectivity index (χ3n) is 4.97. The van der Waals surface area contributed by atoms with Gasteiger partial charge >= 0.3 is 0 Å². The quantitative estimate of drug-likeness (QED) is 0.378. The molecule has 31 heavy (non-hydrogen) atoms. The lowest BCUT2D eigenvalue weighted by atomic mass is 10.1. The van der Waals surface area contributed by atoms with Crippen molar-refractivity contribution in [2.75, 3.05) is 0 Å². The van der Waals surface area contributed by atoms with Crippen LogP contribution in [0.2, 0.25) is 0 Å². The zero-order valence-corrected chi connectivity index (χ0v) is 16.6. The summed E-state index contributed by atoms with van der Waals surface area (Å²) in [6.07, 6.45) is 3.68. The number of carbonyl (C=O) groups is 1. The number of hydrazone groups is 1. The smallest absolute Gasteiger partial charge is 0.244 e. The van der Waals surface area contributed by atoms with E-state index in [0.29, 0.717) is 17.7 Å². The Labute approximate surface area is 179 Å². The first-order valence-corrected chi connectivity index (χ1v) is 9.76. The fourth-order valence-electron chi connectivity index (χ4n) is 3.46. The molecule has 1 heterocycles. The zero-order chi connectivity index (χ0) is 21.6. The van der Waals surface area contributed by atoms with Crippen molar-refractivity contribution < 1.29 is 9.18 Å². The van der Waals surface area contributed by atoms with E-state index in [0.717, 1.165) is 22.0 Å². The topological polar surface area (TPSA) is 70.2 Å². The molecule has 0 fully saturated rings. The van der Waals surface area contributed by atoms with Gasteiger partial charge in [-0.25, -0.2) is 9.82 Å². The van der Waals surface area contributed by atoms with E-state index in [1.807, 2.05) is 48.7 Å². The van der Waals surface area contributed by atoms with Crippen molar-refractivity contribution in [2.45, 2.75) is 13.0 Å². The molecule has 0 spiro atoms. The van der Waals surface area contributed by atoms with Crippen molar-refractivity contribution in [2.24, 2.45) is 5.10 Å². The van der Waals surface area contributed by atoms with E-state index in [2.05, 4.69) is 21.2 Å². The summed E-state index contributed by atoms with van der Waals surface area (Å²) in [7, 11) is 0. The van der Waals surface area contributed by atoms with Crippen molar-refractivity contribution in [1.82, 2.24) is 9.99 Å². The highest BCUT2D eigenvalue weighted by Gasteiger charge is 2.09. The molecule has 1 amide bonds. The van der Waals surface area contributed by atoms with Gasteiger partial charge in [0.05, 0.1) is 24.3 Å². The molecular weight excluding hydrogens is 391 g/mol. The van der Waals surface area contributed by atoms with Crippen LogP contribution in [0.3, 0.4) is 0 Å². The fraction of sp³-hybridized carbons (Fsp3) is 0.0800. The Morgan fingerprint density at radius 3 is 2.61 bits per heavy atom. The van der Waals surface area contributed by atoms with E-state index < -0.39 is 0 Å². The normalized spacial score (nSPS) is 11.0. The molecule has 5 nitrogen and oxygen atoms in total. The Kier molecular flexibility index (Phi) is 5.86. The number of benzene rings is 3. The molecule has 0 radical (unpaired) electrons. The van der Waals surface area contributed by atoms with Gasteiger partial charge in [0.2, 0.25) is 5.91 Å². The number of hydrogen-bond donors (Lipinski definition) is 1. The molecule has 6 heteroatoms. The molecular formula is C25H19FN4O. The number of amides is 1. The van der Waals surface area contributed by atoms with Gasteiger partial charge in [0.15, 0.2) is 0 Å². The first-order chi connectivity index (χ1) is 15.1. The van der Waals surface area contributed by atoms with E-state index in [4.69, 9.17) is 0 Å². The second-order valence-corrected chi connectivity index (χ2v) is 7.09. The minimum absolute atomic E-state index is 0.115. The SMILES string of the molecule is N#Cc1ccccc1Cn1cc(/C=N/NC(=O)Cc2ccc(F)cc2)c2ccccc21. The summed E-state index contributed by atoms with van der Waals surface area (Å²) < 4.78 is 15.0. The number of nitriles is 1. The summed E-state index contributed by atoms with van der Waals surface area (Å²) in [5.74, 6) is -0.620. The molecule has 0 saturated heterocycles. The molecule has 4 aromatic rings. The van der Waals surface area contributed by atoms with Crippen LogP contribution in [-0.4, -0.2) is 16.7 Å². The standard InChI is InChI=1S/C25H19FN4O/c26-22-11-9-18(10-12-22)13-25(31)29-28-15-21-17-30(24-8-4-3-7-23(21)24)16-20-6-2-1-5-19(20)14-27/h1-12,15,17H,13,16H2,(H,29,31)/b28-15+. The number of rotatable bonds is 6. The summed E-state index contributed by atoms with van der Waals surface area (Å²) in [5, 5.41) is 14.5. The predicted octanol–water partition coefficient (Wildman–Crippen LogP) is 4.39. The number of aromatic nitrogens is 1. The van der Waals surface area contributed by atoms with Gasteiger partial charge in [-0.2, -0.15) is 10.4 Å². The van der Waals surface area contributed by atoms with Crippen molar-refractivity contribution in [3.63, 3.8) is 0 Å². The summed E-state index contributed by atoms with van der Waals surface area (Å²) in [6, 6.07) is 23.4. The van der Waals surface area contributed by atoms with Crippen LogP contribution < -0.4 is 5.43 Å². The van der Waals surface area contributed by atoms with Crippen LogP contribution in [0, 0.1) is 17.1 Å². The van der Waals surface area contributed by atoms with E-state index in [9.17, 15) is 14.4 Å². The minimum Gasteiger partial charge on any atom is -0.342 e. The number of fused-ring (bicyclic) bond motifs is 1. The summed E-state index contributed by atoms with van der Waals surface area (Å²) in [4.78, 5) is 12.1. The highest BCUT2D eigenvalue weighted by atomic mass is 19.1. The molecule has 0 bridgehead atoms. The lowest BCUT2D eigenvalue weighted by Crippen LogP contribution is -2.19. The molecule has 0 aliphatic heterocycles. The third kappa shape index (κ3) is 4.68. The van der Waals surface area contributed by atoms with Crippen LogP contribution in [0.4, 0.5) is 4.39 Å². The first-order valence-electron chi connectivity index (χ1n) is 9.76. The average Bonchev–Trinajstić information content (AvgIpc) is 3.13. The van der Waals surface area contributed by atoms with Gasteiger partial charge in [0.1, 0.15) is 5.82 Å². The molecule has 152 valence electrons. The highest BCUT2D eigenvalue weighted by molar-refractivity contribution is 5.99. The van der Waals surface area contributed by atoms with Crippen LogP contribution >= 0.6 is 0 Å². The Hall–Kier alpha value is -4.24. The maximum absolute atomic E-state index is 13.0. The van der Waals surface area contributed by atoms with Gasteiger partial charge in [0.25, 0.3) is 0 Å². The molecule has 0 saturated carbocycles. The van der Waals surface area contributed by atoms with Gasteiger partial charge in [-0.15, -0.1) is 0 Å². The van der Waals surface area contributed by atoms with E-state index in [1.165, 1.54) is 12.1 Å². The zero-order valence-electron chi connectivity index (χ0n) is 16.6. The maximum atomic E-state index is 13.0. The van der Waals surface area contributed by atoms with Crippen molar-refractivity contribution in [1.29, 1.82) is 5.26 Å². The van der Waals surface area contributed by atoms with Crippen LogP contribution in [-0.2, 0) is 17.8 Å². The molecule has 3 aromatic carbocycles. The summed E-state index contributed by atoms with van der Waals surface area (Å²) in [5.41, 5.74) is 6.67. The molecule has 0 unspecified atom stereocenters. The average molecular weight is 410 g/mol. The van der Waals surface area contributed by atoms with Gasteiger partial charge in [-0.1, -0.05) is 48.5 Å². The largest absolute Gasteiger partial charge is 0.342 e. The Morgan fingerprint density at radius 2 is 1.81 bits per heavy atom. The van der Waals surface area contributed by atoms with Crippen molar-refractivity contribution in [3.8, 4) is 6.07 Å². The lowest BCUT2D eigenvalue weighted by molar-refractivity contribution is -0.120. The number of hydrogen-bond acceptors (Lipinski definition) is 3. The second-order valence-electron chi connectivity index (χ2n) is 7.09. The van der Waals surface area contributed by atoms with Crippen LogP contribution in [0.25, 0.3) is 10.9 Å².